The summed E-state index contributed by atoms with van der Waals surface area (Å²) in [4.78, 5) is 4.69. The van der Waals surface area contributed by atoms with Gasteiger partial charge in [0.2, 0.25) is 0 Å². The molecule has 2 aliphatic rings. The van der Waals surface area contributed by atoms with Gasteiger partial charge in [0.05, 0.1) is 23.9 Å². The molecule has 0 unspecified atom stereocenters. The topological polar surface area (TPSA) is 42.8 Å². The predicted octanol–water partition coefficient (Wildman–Crippen LogP) is 8.50. The second-order valence-electron chi connectivity index (χ2n) is 9.72. The molecular weight excluding hydrogens is 492 g/mol. The van der Waals surface area contributed by atoms with E-state index in [0.717, 1.165) is 23.2 Å². The molecule has 0 aromatic heterocycles. The van der Waals surface area contributed by atoms with Gasteiger partial charge >= 0.3 is 0 Å². The van der Waals surface area contributed by atoms with E-state index in [1.807, 2.05) is 42.5 Å². The van der Waals surface area contributed by atoms with Gasteiger partial charge in [0.25, 0.3) is 0 Å². The largest absolute Gasteiger partial charge is 0.493 e. The maximum absolute atomic E-state index is 6.57. The molecule has 4 aromatic rings. The molecule has 38 heavy (non-hydrogen) atoms. The minimum Gasteiger partial charge on any atom is -0.493 e. The molecule has 190 valence electrons. The zero-order valence-electron chi connectivity index (χ0n) is 21.2. The van der Waals surface area contributed by atoms with Crippen LogP contribution in [0.1, 0.15) is 40.6 Å². The van der Waals surface area contributed by atoms with E-state index in [1.54, 1.807) is 13.3 Å². The third kappa shape index (κ3) is 4.92. The average Bonchev–Trinajstić information content (AvgIpc) is 3.46. The number of nitrogens with zero attached hydrogens (tertiary/aromatic N) is 1. The highest BCUT2D eigenvalue weighted by Gasteiger charge is 2.37. The summed E-state index contributed by atoms with van der Waals surface area (Å²) < 4.78 is 11.5. The second kappa shape index (κ2) is 10.8. The highest BCUT2D eigenvalue weighted by atomic mass is 35.5. The quantitative estimate of drug-likeness (QED) is 0.196. The normalized spacial score (nSPS) is 19.6. The summed E-state index contributed by atoms with van der Waals surface area (Å²) >= 11 is 6.57. The van der Waals surface area contributed by atoms with Gasteiger partial charge in [-0.05, 0) is 64.9 Å². The number of halogens is 1. The third-order valence-electron chi connectivity index (χ3n) is 7.36. The van der Waals surface area contributed by atoms with Crippen LogP contribution >= 0.6 is 11.6 Å². The molecule has 1 heterocycles. The molecule has 1 aliphatic heterocycles. The monoisotopic (exact) mass is 520 g/mol. The smallest absolute Gasteiger partial charge is 0.180 e. The van der Waals surface area contributed by atoms with Crippen LogP contribution < -0.4 is 14.8 Å². The number of benzene rings is 4. The van der Waals surface area contributed by atoms with Crippen molar-refractivity contribution in [1.29, 1.82) is 0 Å². The molecule has 0 fully saturated rings. The van der Waals surface area contributed by atoms with Crippen LogP contribution in [0.5, 0.6) is 11.5 Å². The molecule has 5 heteroatoms. The van der Waals surface area contributed by atoms with Crippen molar-refractivity contribution in [1.82, 2.24) is 0 Å². The van der Waals surface area contributed by atoms with Gasteiger partial charge in [-0.25, -0.2) is 0 Å². The van der Waals surface area contributed by atoms with Gasteiger partial charge in [-0.3, -0.25) is 4.99 Å². The number of methoxy groups -OCH3 is 1. The molecule has 1 aliphatic carbocycles. The van der Waals surface area contributed by atoms with Crippen LogP contribution in [-0.4, -0.2) is 13.3 Å². The summed E-state index contributed by atoms with van der Waals surface area (Å²) in [5.74, 6) is 2.10. The van der Waals surface area contributed by atoms with Gasteiger partial charge in [-0.1, -0.05) is 84.4 Å². The zero-order valence-corrected chi connectivity index (χ0v) is 21.9. The van der Waals surface area contributed by atoms with Crippen LogP contribution in [0.4, 0.5) is 11.4 Å². The van der Waals surface area contributed by atoms with Crippen molar-refractivity contribution in [3.8, 4) is 11.5 Å². The summed E-state index contributed by atoms with van der Waals surface area (Å²) in [5.41, 5.74) is 6.69. The van der Waals surface area contributed by atoms with Gasteiger partial charge in [-0.15, -0.1) is 0 Å². The molecule has 4 aromatic carbocycles. The van der Waals surface area contributed by atoms with Crippen LogP contribution in [0.3, 0.4) is 0 Å². The molecule has 1 N–H and O–H groups in total. The lowest BCUT2D eigenvalue weighted by Crippen LogP contribution is -2.28. The lowest BCUT2D eigenvalue weighted by molar-refractivity contribution is 0.284. The zero-order chi connectivity index (χ0) is 25.9. The van der Waals surface area contributed by atoms with E-state index in [9.17, 15) is 0 Å². The number of rotatable bonds is 7. The summed E-state index contributed by atoms with van der Waals surface area (Å²) in [6.45, 7) is 0.413. The number of hydrogen-bond donors (Lipinski definition) is 1. The number of hydrogen-bond acceptors (Lipinski definition) is 4. The van der Waals surface area contributed by atoms with Crippen molar-refractivity contribution in [3.63, 3.8) is 0 Å². The Kier molecular flexibility index (Phi) is 6.89. The Morgan fingerprint density at radius 2 is 1.76 bits per heavy atom. The van der Waals surface area contributed by atoms with E-state index in [-0.39, 0.29) is 6.04 Å². The minimum atomic E-state index is 0.273. The molecule has 0 saturated heterocycles. The Balaban J connectivity index is 1.17. The number of para-hydroxylation sites is 1. The van der Waals surface area contributed by atoms with Crippen molar-refractivity contribution in [2.75, 3.05) is 12.4 Å². The van der Waals surface area contributed by atoms with Crippen LogP contribution in [0, 0.1) is 5.92 Å². The van der Waals surface area contributed by atoms with Gasteiger partial charge < -0.3 is 14.8 Å². The molecule has 6 rings (SSSR count). The van der Waals surface area contributed by atoms with E-state index in [4.69, 9.17) is 26.1 Å². The maximum Gasteiger partial charge on any atom is 0.180 e. The lowest BCUT2D eigenvalue weighted by Gasteiger charge is -2.37. The first-order chi connectivity index (χ1) is 18.7. The van der Waals surface area contributed by atoms with E-state index in [0.29, 0.717) is 35.0 Å². The first-order valence-corrected chi connectivity index (χ1v) is 13.3. The van der Waals surface area contributed by atoms with Crippen molar-refractivity contribution in [2.45, 2.75) is 25.0 Å². The lowest BCUT2D eigenvalue weighted by atomic mass is 9.77. The molecule has 0 bridgehead atoms. The van der Waals surface area contributed by atoms with Gasteiger partial charge in [0.15, 0.2) is 11.5 Å². The summed E-state index contributed by atoms with van der Waals surface area (Å²) in [5, 5.41) is 4.27. The molecule has 0 radical (unpaired) electrons. The Morgan fingerprint density at radius 3 is 2.58 bits per heavy atom. The maximum atomic E-state index is 6.57. The summed E-state index contributed by atoms with van der Waals surface area (Å²) in [6, 6.07) is 31.1. The average molecular weight is 521 g/mol. The Bertz CT molecular complexity index is 1480. The molecular formula is C33H29ClN2O2. The van der Waals surface area contributed by atoms with Crippen molar-refractivity contribution < 1.29 is 9.47 Å². The summed E-state index contributed by atoms with van der Waals surface area (Å²) in [7, 11) is 1.61. The number of nitrogens with one attached hydrogen (secondary N) is 1. The standard InChI is InChI=1S/C33H29ClN2O2/c1-37-31-19-23(18-29(34)33(31)38-21-22-8-3-2-4-9-22)20-35-25-16-14-24(15-17-25)32-28-12-7-11-26(28)27-10-5-6-13-30(27)36-32/h2-11,13-20,26,28,32,36H,12,21H2,1H3/t26-,28-,32+/m1/s1. The number of ether oxygens (including phenoxy) is 2. The highest BCUT2D eigenvalue weighted by Crippen LogP contribution is 2.49. The van der Waals surface area contributed by atoms with Crippen LogP contribution in [0.25, 0.3) is 0 Å². The Labute approximate surface area is 228 Å². The number of anilines is 1. The Hall–Kier alpha value is -4.02. The third-order valence-corrected chi connectivity index (χ3v) is 7.65. The fourth-order valence-corrected chi connectivity index (χ4v) is 5.75. The predicted molar refractivity (Wildman–Crippen MR) is 155 cm³/mol. The first kappa shape index (κ1) is 24.3. The van der Waals surface area contributed by atoms with E-state index >= 15 is 0 Å². The fourth-order valence-electron chi connectivity index (χ4n) is 5.47. The van der Waals surface area contributed by atoms with E-state index in [2.05, 4.69) is 66.0 Å². The van der Waals surface area contributed by atoms with Crippen molar-refractivity contribution in [2.24, 2.45) is 10.9 Å². The number of allylic oxidation sites excluding steroid dienone is 2. The molecule has 0 saturated carbocycles. The second-order valence-corrected chi connectivity index (χ2v) is 10.1. The van der Waals surface area contributed by atoms with Gasteiger partial charge in [0.1, 0.15) is 6.61 Å². The Morgan fingerprint density at radius 1 is 0.974 bits per heavy atom. The van der Waals surface area contributed by atoms with Crippen molar-refractivity contribution in [3.05, 3.63) is 130 Å². The van der Waals surface area contributed by atoms with E-state index < -0.39 is 0 Å². The molecule has 0 spiro atoms. The van der Waals surface area contributed by atoms with E-state index in [1.165, 1.54) is 16.8 Å². The van der Waals surface area contributed by atoms with Crippen LogP contribution in [-0.2, 0) is 6.61 Å². The minimum absolute atomic E-state index is 0.273. The van der Waals surface area contributed by atoms with Crippen LogP contribution in [0.2, 0.25) is 5.02 Å². The highest BCUT2D eigenvalue weighted by molar-refractivity contribution is 6.32. The van der Waals surface area contributed by atoms with Gasteiger partial charge in [-0.2, -0.15) is 0 Å². The number of aliphatic imine (C=N–C) groups is 1. The summed E-state index contributed by atoms with van der Waals surface area (Å²) in [6.07, 6.45) is 7.58. The first-order valence-electron chi connectivity index (χ1n) is 12.9. The number of fused-ring (bicyclic) bond motifs is 3. The van der Waals surface area contributed by atoms with Crippen LogP contribution in [0.15, 0.2) is 108 Å². The molecule has 3 atom stereocenters. The molecule has 4 nitrogen and oxygen atoms in total. The fraction of sp³-hybridized carbons (Fsp3) is 0.182. The molecule has 0 amide bonds. The SMILES string of the molecule is COc1cc(C=Nc2ccc([C@@H]3Nc4ccccc4[C@H]4C=CC[C@H]43)cc2)cc(Cl)c1OCc1ccccc1. The van der Waals surface area contributed by atoms with Gasteiger partial charge in [0, 0.05) is 17.8 Å². The van der Waals surface area contributed by atoms with Crippen molar-refractivity contribution >= 4 is 29.2 Å².